The minimum absolute atomic E-state index is 0.156. The van der Waals surface area contributed by atoms with Crippen molar-refractivity contribution in [3.63, 3.8) is 0 Å². The summed E-state index contributed by atoms with van der Waals surface area (Å²) in [4.78, 5) is 2.37. The topological polar surface area (TPSA) is 49.5 Å². The first-order chi connectivity index (χ1) is 8.24. The van der Waals surface area contributed by atoms with Crippen LogP contribution >= 0.6 is 11.3 Å². The summed E-state index contributed by atoms with van der Waals surface area (Å²) in [6.45, 7) is 6.40. The number of nitrogens with zero attached hydrogens (tertiary/aromatic N) is 1. The molecule has 1 aromatic rings. The normalized spacial score (nSPS) is 15.1. The molecule has 0 saturated carbocycles. The molecular formula is C13H24N2OS. The van der Waals surface area contributed by atoms with Crippen LogP contribution in [0.2, 0.25) is 0 Å². The summed E-state index contributed by atoms with van der Waals surface area (Å²) in [5.74, 6) is 0. The first-order valence-corrected chi connectivity index (χ1v) is 7.31. The Labute approximate surface area is 108 Å². The fraction of sp³-hybridized carbons (Fsp3) is 0.692. The van der Waals surface area contributed by atoms with E-state index in [1.54, 1.807) is 11.3 Å². The second-order valence-electron chi connectivity index (χ2n) is 4.28. The van der Waals surface area contributed by atoms with Crippen molar-refractivity contribution in [2.45, 2.75) is 38.8 Å². The van der Waals surface area contributed by atoms with Gasteiger partial charge in [0.15, 0.2) is 0 Å². The SMILES string of the molecule is CCC(N)C(c1ccsc1)N(CC)CCCO. The number of hydrogen-bond donors (Lipinski definition) is 2. The van der Waals surface area contributed by atoms with Gasteiger partial charge in [0, 0.05) is 19.2 Å². The molecule has 2 unspecified atom stereocenters. The number of hydrogen-bond acceptors (Lipinski definition) is 4. The maximum absolute atomic E-state index is 8.96. The van der Waals surface area contributed by atoms with Gasteiger partial charge in [-0.1, -0.05) is 13.8 Å². The number of aliphatic hydroxyl groups is 1. The number of aliphatic hydroxyl groups excluding tert-OH is 1. The molecule has 0 saturated heterocycles. The molecule has 3 nitrogen and oxygen atoms in total. The van der Waals surface area contributed by atoms with Crippen LogP contribution in [-0.4, -0.2) is 35.7 Å². The van der Waals surface area contributed by atoms with Crippen molar-refractivity contribution < 1.29 is 5.11 Å². The third kappa shape index (κ3) is 4.07. The second kappa shape index (κ2) is 7.82. The van der Waals surface area contributed by atoms with Gasteiger partial charge in [0.1, 0.15) is 0 Å². The molecule has 1 rings (SSSR count). The molecule has 0 aliphatic rings. The molecule has 0 spiro atoms. The van der Waals surface area contributed by atoms with E-state index in [2.05, 4.69) is 35.6 Å². The van der Waals surface area contributed by atoms with E-state index >= 15 is 0 Å². The van der Waals surface area contributed by atoms with Crippen LogP contribution in [0.5, 0.6) is 0 Å². The van der Waals surface area contributed by atoms with Gasteiger partial charge in [0.05, 0.1) is 6.04 Å². The summed E-state index contributed by atoms with van der Waals surface area (Å²) >= 11 is 1.72. The van der Waals surface area contributed by atoms with Gasteiger partial charge < -0.3 is 10.8 Å². The second-order valence-corrected chi connectivity index (χ2v) is 5.06. The van der Waals surface area contributed by atoms with Gasteiger partial charge in [-0.15, -0.1) is 0 Å². The van der Waals surface area contributed by atoms with Gasteiger partial charge >= 0.3 is 0 Å². The van der Waals surface area contributed by atoms with Crippen LogP contribution in [0.4, 0.5) is 0 Å². The summed E-state index contributed by atoms with van der Waals surface area (Å²) in [6.07, 6.45) is 1.78. The lowest BCUT2D eigenvalue weighted by Gasteiger charge is -2.34. The van der Waals surface area contributed by atoms with Gasteiger partial charge in [0.25, 0.3) is 0 Å². The molecule has 1 heterocycles. The van der Waals surface area contributed by atoms with E-state index in [0.717, 1.165) is 25.9 Å². The monoisotopic (exact) mass is 256 g/mol. The highest BCUT2D eigenvalue weighted by Gasteiger charge is 2.24. The lowest BCUT2D eigenvalue weighted by Crippen LogP contribution is -2.41. The maximum Gasteiger partial charge on any atom is 0.0507 e. The van der Waals surface area contributed by atoms with Gasteiger partial charge in [-0.2, -0.15) is 11.3 Å². The van der Waals surface area contributed by atoms with Crippen molar-refractivity contribution in [2.24, 2.45) is 5.73 Å². The minimum Gasteiger partial charge on any atom is -0.396 e. The predicted octanol–water partition coefficient (Wildman–Crippen LogP) is 2.23. The Morgan fingerprint density at radius 2 is 2.24 bits per heavy atom. The van der Waals surface area contributed by atoms with E-state index in [9.17, 15) is 0 Å². The predicted molar refractivity (Wildman–Crippen MR) is 74.3 cm³/mol. The van der Waals surface area contributed by atoms with Gasteiger partial charge in [-0.05, 0) is 41.8 Å². The third-order valence-electron chi connectivity index (χ3n) is 3.16. The molecule has 0 radical (unpaired) electrons. The van der Waals surface area contributed by atoms with Crippen molar-refractivity contribution in [1.29, 1.82) is 0 Å². The van der Waals surface area contributed by atoms with Crippen molar-refractivity contribution in [2.75, 3.05) is 19.7 Å². The molecule has 1 aromatic heterocycles. The Bertz CT molecular complexity index is 290. The number of nitrogens with two attached hydrogens (primary N) is 1. The molecule has 98 valence electrons. The molecule has 0 bridgehead atoms. The van der Waals surface area contributed by atoms with Crippen molar-refractivity contribution in [3.05, 3.63) is 22.4 Å². The Hall–Kier alpha value is -0.420. The van der Waals surface area contributed by atoms with Crippen LogP contribution in [0.15, 0.2) is 16.8 Å². The molecule has 17 heavy (non-hydrogen) atoms. The first kappa shape index (κ1) is 14.6. The van der Waals surface area contributed by atoms with Crippen LogP contribution in [0.1, 0.15) is 38.3 Å². The fourth-order valence-electron chi connectivity index (χ4n) is 2.16. The van der Waals surface area contributed by atoms with Crippen molar-refractivity contribution >= 4 is 11.3 Å². The summed E-state index contributed by atoms with van der Waals surface area (Å²) in [5.41, 5.74) is 7.57. The van der Waals surface area contributed by atoms with E-state index in [1.807, 2.05) is 0 Å². The van der Waals surface area contributed by atoms with E-state index in [4.69, 9.17) is 10.8 Å². The highest BCUT2D eigenvalue weighted by atomic mass is 32.1. The van der Waals surface area contributed by atoms with E-state index in [1.165, 1.54) is 5.56 Å². The Balaban J connectivity index is 2.80. The third-order valence-corrected chi connectivity index (χ3v) is 3.87. The molecule has 0 aliphatic carbocycles. The number of rotatable bonds is 8. The zero-order chi connectivity index (χ0) is 12.7. The van der Waals surface area contributed by atoms with E-state index in [-0.39, 0.29) is 18.7 Å². The lowest BCUT2D eigenvalue weighted by molar-refractivity contribution is 0.159. The molecule has 0 aliphatic heterocycles. The largest absolute Gasteiger partial charge is 0.396 e. The molecule has 0 fully saturated rings. The highest BCUT2D eigenvalue weighted by molar-refractivity contribution is 7.07. The van der Waals surface area contributed by atoms with Crippen LogP contribution in [0.3, 0.4) is 0 Å². The molecule has 2 atom stereocenters. The van der Waals surface area contributed by atoms with E-state index in [0.29, 0.717) is 0 Å². The molecule has 3 N–H and O–H groups in total. The van der Waals surface area contributed by atoms with Crippen LogP contribution in [0.25, 0.3) is 0 Å². The molecule has 0 aromatic carbocycles. The number of thiophene rings is 1. The van der Waals surface area contributed by atoms with Crippen LogP contribution in [-0.2, 0) is 0 Å². The maximum atomic E-state index is 8.96. The minimum atomic E-state index is 0.156. The van der Waals surface area contributed by atoms with Crippen LogP contribution < -0.4 is 5.73 Å². The van der Waals surface area contributed by atoms with Gasteiger partial charge in [-0.3, -0.25) is 4.90 Å². The quantitative estimate of drug-likeness (QED) is 0.750. The first-order valence-electron chi connectivity index (χ1n) is 6.37. The zero-order valence-electron chi connectivity index (χ0n) is 10.8. The Morgan fingerprint density at radius 3 is 2.71 bits per heavy atom. The summed E-state index contributed by atoms with van der Waals surface area (Å²) in [5, 5.41) is 13.2. The summed E-state index contributed by atoms with van der Waals surface area (Å²) in [6, 6.07) is 2.60. The van der Waals surface area contributed by atoms with Crippen molar-refractivity contribution in [3.8, 4) is 0 Å². The summed E-state index contributed by atoms with van der Waals surface area (Å²) in [7, 11) is 0. The molecular weight excluding hydrogens is 232 g/mol. The smallest absolute Gasteiger partial charge is 0.0507 e. The molecule has 4 heteroatoms. The summed E-state index contributed by atoms with van der Waals surface area (Å²) < 4.78 is 0. The zero-order valence-corrected chi connectivity index (χ0v) is 11.6. The van der Waals surface area contributed by atoms with Gasteiger partial charge in [0.2, 0.25) is 0 Å². The van der Waals surface area contributed by atoms with E-state index < -0.39 is 0 Å². The average molecular weight is 256 g/mol. The number of likely N-dealkylation sites (N-methyl/N-ethyl adjacent to an activating group) is 1. The highest BCUT2D eigenvalue weighted by Crippen LogP contribution is 2.26. The Morgan fingerprint density at radius 1 is 1.47 bits per heavy atom. The average Bonchev–Trinajstić information content (AvgIpc) is 2.87. The standard InChI is InChI=1S/C13H24N2OS/c1-3-12(14)13(11-6-9-17-10-11)15(4-2)7-5-8-16/h6,9-10,12-13,16H,3-5,7-8,14H2,1-2H3. The fourth-order valence-corrected chi connectivity index (χ4v) is 2.85. The van der Waals surface area contributed by atoms with Crippen LogP contribution in [0, 0.1) is 0 Å². The Kier molecular flexibility index (Phi) is 6.73. The van der Waals surface area contributed by atoms with Crippen molar-refractivity contribution in [1.82, 2.24) is 4.90 Å². The lowest BCUT2D eigenvalue weighted by atomic mass is 9.98. The van der Waals surface area contributed by atoms with Gasteiger partial charge in [-0.25, -0.2) is 0 Å². The molecule has 0 amide bonds.